The number of hydrogen-bond donors (Lipinski definition) is 2. The van der Waals surface area contributed by atoms with Crippen LogP contribution >= 0.6 is 71.9 Å². The first-order valence-electron chi connectivity index (χ1n) is 0.698. The molecule has 9 heavy (non-hydrogen) atoms. The van der Waals surface area contributed by atoms with E-state index in [1.807, 2.05) is 0 Å². The van der Waals surface area contributed by atoms with Crippen molar-refractivity contribution in [1.29, 1.82) is 0 Å². The molecule has 4 nitrogen and oxygen atoms in total. The molecular weight excluding hydrogens is 516 g/mol. The summed E-state index contributed by atoms with van der Waals surface area (Å²) in [6, 6.07) is 0. The van der Waals surface area contributed by atoms with Crippen molar-refractivity contribution >= 4 is 134 Å². The van der Waals surface area contributed by atoms with Crippen LogP contribution in [0.2, 0.25) is 0 Å². The fraction of sp³-hybridized carbons (Fsp3) is 0. The fourth-order valence-corrected chi connectivity index (χ4v) is 0. The minimum atomic E-state index is -4.67. The van der Waals surface area contributed by atoms with Gasteiger partial charge in [-0.15, -0.1) is 71.9 Å². The number of halogens is 3. The average Bonchev–Trinajstić information content (AvgIpc) is 0.722. The van der Waals surface area contributed by atoms with E-state index in [2.05, 4.69) is 0 Å². The summed E-state index contributed by atoms with van der Waals surface area (Å²) in [6.07, 6.45) is 0. The molecule has 0 aromatic rings. The molecule has 0 aliphatic heterocycles. The fourth-order valence-electron chi connectivity index (χ4n) is 0. The van der Waals surface area contributed by atoms with E-state index in [0.29, 0.717) is 0 Å². The molecule has 0 amide bonds. The van der Waals surface area contributed by atoms with Crippen LogP contribution in [0.15, 0.2) is 0 Å². The molecule has 0 rings (SSSR count). The van der Waals surface area contributed by atoms with Crippen LogP contribution in [-0.2, 0) is 10.4 Å². The molecule has 0 saturated heterocycles. The summed E-state index contributed by atoms with van der Waals surface area (Å²) in [4.78, 5) is 0. The van der Waals surface area contributed by atoms with Gasteiger partial charge >= 0.3 is 61.8 Å². The summed E-state index contributed by atoms with van der Waals surface area (Å²) in [5.41, 5.74) is 0. The first kappa shape index (κ1) is 29.3. The first-order chi connectivity index (χ1) is 2.00. The third kappa shape index (κ3) is 80.5. The van der Waals surface area contributed by atoms with Gasteiger partial charge in [0.2, 0.25) is 0 Å². The molecule has 0 bridgehead atoms. The summed E-state index contributed by atoms with van der Waals surface area (Å²) in [7, 11) is -4.67. The average molecular weight is 522 g/mol. The Bertz CT molecular complexity index is 99.0. The van der Waals surface area contributed by atoms with Gasteiger partial charge in [-0.2, -0.15) is 8.42 Å². The standard InChI is InChI=1S/3HI.K.H2O4S.H/c;;;;1-5(2,3)4;/h3*1H;;(H2,1,2,3,4);. The normalized spacial score (nSPS) is 6.44. The summed E-state index contributed by atoms with van der Waals surface area (Å²) < 4.78 is 31.6. The molecule has 9 heteroatoms. The molecule has 0 aliphatic carbocycles. The Kier molecular flexibility index (Phi) is 46.4. The molecule has 0 fully saturated rings. The molecule has 0 aromatic carbocycles. The van der Waals surface area contributed by atoms with Crippen LogP contribution in [0.1, 0.15) is 0 Å². The molecule has 0 heterocycles. The third-order valence-electron chi connectivity index (χ3n) is 0. The van der Waals surface area contributed by atoms with Crippen molar-refractivity contribution in [1.82, 2.24) is 0 Å². The predicted molar refractivity (Wildman–Crippen MR) is 67.6 cm³/mol. The SMILES string of the molecule is I.I.I.O=S(=O)(O)O.[KH]. The number of hydrogen-bond acceptors (Lipinski definition) is 2. The molecule has 2 N–H and O–H groups in total. The van der Waals surface area contributed by atoms with E-state index in [0.717, 1.165) is 0 Å². The van der Waals surface area contributed by atoms with Crippen LogP contribution in [0.3, 0.4) is 0 Å². The molecule has 0 atom stereocenters. The molecule has 0 unspecified atom stereocenters. The van der Waals surface area contributed by atoms with Gasteiger partial charge in [-0.3, -0.25) is 9.11 Å². The van der Waals surface area contributed by atoms with Crippen LogP contribution in [0.5, 0.6) is 0 Å². The van der Waals surface area contributed by atoms with Gasteiger partial charge in [-0.25, -0.2) is 0 Å². The maximum atomic E-state index is 8.74. The molecule has 0 aromatic heterocycles. The second-order valence-corrected chi connectivity index (χ2v) is 1.34. The Morgan fingerprint density at radius 2 is 0.889 bits per heavy atom. The molecule has 0 aliphatic rings. The van der Waals surface area contributed by atoms with Crippen molar-refractivity contribution in [3.63, 3.8) is 0 Å². The zero-order valence-corrected chi connectivity index (χ0v) is 11.2. The Morgan fingerprint density at radius 3 is 0.889 bits per heavy atom. The van der Waals surface area contributed by atoms with Gasteiger partial charge in [-0.05, 0) is 0 Å². The minimum absolute atomic E-state index is 0. The van der Waals surface area contributed by atoms with E-state index >= 15 is 0 Å². The van der Waals surface area contributed by atoms with Gasteiger partial charge < -0.3 is 0 Å². The summed E-state index contributed by atoms with van der Waals surface area (Å²) in [6.45, 7) is 0. The van der Waals surface area contributed by atoms with Gasteiger partial charge in [0.15, 0.2) is 0 Å². The quantitative estimate of drug-likeness (QED) is 0.277. The zero-order valence-electron chi connectivity index (χ0n) is 3.34. The maximum absolute atomic E-state index is 8.74. The van der Waals surface area contributed by atoms with Crippen molar-refractivity contribution in [3.05, 3.63) is 0 Å². The van der Waals surface area contributed by atoms with Gasteiger partial charge in [0.05, 0.1) is 0 Å². The monoisotopic (exact) mass is 522 g/mol. The van der Waals surface area contributed by atoms with Gasteiger partial charge in [0.25, 0.3) is 0 Å². The van der Waals surface area contributed by atoms with E-state index < -0.39 is 10.4 Å². The van der Waals surface area contributed by atoms with Crippen LogP contribution in [0, 0.1) is 0 Å². The van der Waals surface area contributed by atoms with Crippen LogP contribution in [0.25, 0.3) is 0 Å². The zero-order chi connectivity index (χ0) is 4.50. The van der Waals surface area contributed by atoms with E-state index in [9.17, 15) is 0 Å². The summed E-state index contributed by atoms with van der Waals surface area (Å²) in [5.74, 6) is 0. The second kappa shape index (κ2) is 14.2. The van der Waals surface area contributed by atoms with E-state index in [-0.39, 0.29) is 123 Å². The third-order valence-corrected chi connectivity index (χ3v) is 0. The van der Waals surface area contributed by atoms with Crippen molar-refractivity contribution in [3.8, 4) is 0 Å². The predicted octanol–water partition coefficient (Wildman–Crippen LogP) is 0.553. The molecular formula is H6I3KO4S. The van der Waals surface area contributed by atoms with Gasteiger partial charge in [-0.1, -0.05) is 0 Å². The van der Waals surface area contributed by atoms with Gasteiger partial charge in [0, 0.05) is 0 Å². The Labute approximate surface area is 147 Å². The Balaban J connectivity index is -0.0000000133. The Hall–Kier alpha value is 3.70. The van der Waals surface area contributed by atoms with Crippen molar-refractivity contribution in [2.24, 2.45) is 0 Å². The second-order valence-electron chi connectivity index (χ2n) is 0.448. The first-order valence-corrected chi connectivity index (χ1v) is 2.10. The van der Waals surface area contributed by atoms with E-state index in [1.54, 1.807) is 0 Å². The molecule has 0 spiro atoms. The van der Waals surface area contributed by atoms with Crippen molar-refractivity contribution in [2.75, 3.05) is 0 Å². The van der Waals surface area contributed by atoms with Crippen molar-refractivity contribution < 1.29 is 17.5 Å². The molecule has 58 valence electrons. The van der Waals surface area contributed by atoms with E-state index in [1.165, 1.54) is 0 Å². The van der Waals surface area contributed by atoms with Crippen LogP contribution in [0.4, 0.5) is 0 Å². The van der Waals surface area contributed by atoms with Crippen LogP contribution < -0.4 is 0 Å². The van der Waals surface area contributed by atoms with Crippen molar-refractivity contribution in [2.45, 2.75) is 0 Å². The number of rotatable bonds is 0. The Morgan fingerprint density at radius 1 is 0.889 bits per heavy atom. The molecule has 0 radical (unpaired) electrons. The summed E-state index contributed by atoms with van der Waals surface area (Å²) in [5, 5.41) is 0. The van der Waals surface area contributed by atoms with Crippen LogP contribution in [-0.4, -0.2) is 68.9 Å². The topological polar surface area (TPSA) is 74.6 Å². The summed E-state index contributed by atoms with van der Waals surface area (Å²) >= 11 is 0. The van der Waals surface area contributed by atoms with Gasteiger partial charge in [0.1, 0.15) is 0 Å². The van der Waals surface area contributed by atoms with E-state index in [4.69, 9.17) is 17.5 Å². The molecule has 0 saturated carbocycles.